The fourth-order valence-electron chi connectivity index (χ4n) is 10.3. The summed E-state index contributed by atoms with van der Waals surface area (Å²) in [5.74, 6) is 1.74. The van der Waals surface area contributed by atoms with Crippen molar-refractivity contribution in [3.05, 3.63) is 147 Å². The summed E-state index contributed by atoms with van der Waals surface area (Å²) in [6, 6.07) is 24.6. The van der Waals surface area contributed by atoms with Gasteiger partial charge in [-0.15, -0.1) is 0 Å². The third-order valence-electron chi connectivity index (χ3n) is 16.0. The maximum absolute atomic E-state index is 13.6. The van der Waals surface area contributed by atoms with Gasteiger partial charge in [-0.1, -0.05) is 44.2 Å². The predicted octanol–water partition coefficient (Wildman–Crippen LogP) is 10.2. The number of carbonyl (C=O) groups excluding carboxylic acids is 4. The van der Waals surface area contributed by atoms with Crippen LogP contribution in [0.5, 0.6) is 11.5 Å². The number of nitrogens with one attached hydrogen (secondary N) is 3. The van der Waals surface area contributed by atoms with E-state index < -0.39 is 11.2 Å². The molecule has 19 heteroatoms. The van der Waals surface area contributed by atoms with Gasteiger partial charge in [0.1, 0.15) is 11.5 Å². The standard InChI is InChI=1S/C27H30N4O4.C24H27BrN2O4.C10H16BNO2.C2H6/c1-27(34)12-23(18-4-3-5-19(10-18)25(32)28-13-17-6-7-17)31(16-27)26(33)20-8-9-22(24(11-20)35-2)21-14-29-30-15-21;1-24(30)12-20(16-4-3-5-17(10-16)22(28)26-13-15-6-7-15)27(14-24)23(29)18-8-9-19(25)21(11-18)31-2;1-9(2)10(3,4)14-11(13-9)8-5-6-12-7-8;1-2/h3-5,8-11,14-15,17,23,34H,6-7,12-13,16H2,1-2H3,(H,28,32)(H,29,30);3-5,8-11,15,20,30H,6-7,12-14H2,1-2H3,(H,26,28);5,7H,6H2,1-4H3;1-2H3/t23-,27-;20-,24-;;/m11../s1. The summed E-state index contributed by atoms with van der Waals surface area (Å²) in [6.45, 7) is 18.3. The van der Waals surface area contributed by atoms with Crippen LogP contribution in [0, 0.1) is 11.8 Å². The Labute approximate surface area is 490 Å². The van der Waals surface area contributed by atoms with Crippen molar-refractivity contribution in [3.8, 4) is 22.6 Å². The fraction of sp³-hybridized carbons (Fsp3) is 0.460. The van der Waals surface area contributed by atoms with Gasteiger partial charge in [-0.3, -0.25) is 29.3 Å². The number of aliphatic hydroxyl groups is 2. The Bertz CT molecular complexity index is 3140. The first kappa shape index (κ1) is 61.4. The lowest BCUT2D eigenvalue weighted by molar-refractivity contribution is 0.00578. The van der Waals surface area contributed by atoms with Gasteiger partial charge >= 0.3 is 7.12 Å². The molecule has 2 aliphatic carbocycles. The summed E-state index contributed by atoms with van der Waals surface area (Å²) in [5, 5.41) is 34.4. The quantitative estimate of drug-likeness (QED) is 0.0659. The van der Waals surface area contributed by atoms with E-state index in [9.17, 15) is 29.4 Å². The Morgan fingerprint density at radius 2 is 1.18 bits per heavy atom. The molecular weight excluding hydrogens is 1110 g/mol. The number of methoxy groups -OCH3 is 2. The molecule has 0 spiro atoms. The highest BCUT2D eigenvalue weighted by Crippen LogP contribution is 2.43. The first-order valence-electron chi connectivity index (χ1n) is 28.4. The highest BCUT2D eigenvalue weighted by atomic mass is 79.9. The molecule has 0 radical (unpaired) electrons. The Balaban J connectivity index is 0.000000171. The number of aromatic nitrogens is 2. The second kappa shape index (κ2) is 25.9. The molecule has 0 unspecified atom stereocenters. The number of halogens is 1. The molecule has 4 atom stereocenters. The molecule has 5 aromatic rings. The molecule has 0 bridgehead atoms. The molecular formula is C63H79BBrN7O10. The molecule has 5 heterocycles. The lowest BCUT2D eigenvalue weighted by Crippen LogP contribution is -2.41. The summed E-state index contributed by atoms with van der Waals surface area (Å²) in [4.78, 5) is 59.7. The second-order valence-corrected chi connectivity index (χ2v) is 24.2. The Kier molecular flexibility index (Phi) is 19.4. The minimum Gasteiger partial charge on any atom is -0.496 e. The number of β-amino-alcohol motifs (C(OH)–C–C–N with tert-alkyl or cyclic N) is 2. The highest BCUT2D eigenvalue weighted by Gasteiger charge is 2.52. The lowest BCUT2D eigenvalue weighted by Gasteiger charge is -2.32. The van der Waals surface area contributed by atoms with Gasteiger partial charge in [0.2, 0.25) is 0 Å². The zero-order valence-corrected chi connectivity index (χ0v) is 50.5. The van der Waals surface area contributed by atoms with Gasteiger partial charge in [-0.05, 0) is 172 Å². The van der Waals surface area contributed by atoms with Gasteiger partial charge < -0.3 is 49.4 Å². The van der Waals surface area contributed by atoms with Crippen LogP contribution in [0.4, 0.5) is 0 Å². The second-order valence-electron chi connectivity index (χ2n) is 23.4. The molecule has 82 heavy (non-hydrogen) atoms. The number of benzene rings is 4. The Morgan fingerprint density at radius 1 is 0.695 bits per heavy atom. The summed E-state index contributed by atoms with van der Waals surface area (Å²) in [7, 11) is 2.87. The largest absolute Gasteiger partial charge is 0.496 e. The number of likely N-dealkylation sites (tertiary alicyclic amines) is 2. The maximum atomic E-state index is 13.6. The maximum Gasteiger partial charge on any atom is 0.496 e. The average Bonchev–Trinajstić information content (AvgIpc) is 4.28. The van der Waals surface area contributed by atoms with Crippen LogP contribution in [0.1, 0.15) is 159 Å². The van der Waals surface area contributed by atoms with Crippen molar-refractivity contribution in [2.45, 2.75) is 128 Å². The SMILES string of the molecule is CC.CC1(C)OB(C2=CCN=C2)OC1(C)C.COc1cc(C(=O)N2C[C@](C)(O)C[C@@H]2c2cccc(C(=O)NCC3CC3)c2)ccc1-c1cn[nH]c1.COc1cc(C(=O)N2C[C@](C)(O)C[C@@H]2c2cccc(C(=O)NCC3CC3)c2)ccc1Br. The van der Waals surface area contributed by atoms with Crippen LogP contribution in [-0.2, 0) is 9.31 Å². The molecule has 11 rings (SSSR count). The van der Waals surface area contributed by atoms with Crippen LogP contribution in [-0.4, -0.2) is 137 Å². The summed E-state index contributed by atoms with van der Waals surface area (Å²) >= 11 is 3.41. The zero-order valence-electron chi connectivity index (χ0n) is 48.9. The van der Waals surface area contributed by atoms with Crippen LogP contribution in [0.3, 0.4) is 0 Å². The summed E-state index contributed by atoms with van der Waals surface area (Å²) in [6.07, 6.45) is 12.8. The monoisotopic (exact) mass is 1180 g/mol. The number of aliphatic imine (C=N–C) groups is 1. The number of H-pyrrole nitrogens is 1. The smallest absolute Gasteiger partial charge is 0.496 e. The Hall–Kier alpha value is -6.64. The van der Waals surface area contributed by atoms with Crippen molar-refractivity contribution in [2.24, 2.45) is 16.8 Å². The van der Waals surface area contributed by atoms with Crippen LogP contribution >= 0.6 is 15.9 Å². The average molecular weight is 1190 g/mol. The minimum atomic E-state index is -1.04. The van der Waals surface area contributed by atoms with E-state index in [1.807, 2.05) is 68.6 Å². The molecule has 17 nitrogen and oxygen atoms in total. The normalized spacial score (nSPS) is 22.8. The van der Waals surface area contributed by atoms with Crippen LogP contribution in [0.15, 0.2) is 118 Å². The van der Waals surface area contributed by atoms with Gasteiger partial charge in [0.25, 0.3) is 23.6 Å². The van der Waals surface area contributed by atoms with Crippen molar-refractivity contribution < 1.29 is 48.2 Å². The van der Waals surface area contributed by atoms with Crippen molar-refractivity contribution in [3.63, 3.8) is 0 Å². The summed E-state index contributed by atoms with van der Waals surface area (Å²) < 4.78 is 23.4. The summed E-state index contributed by atoms with van der Waals surface area (Å²) in [5.41, 5.74) is 3.94. The minimum absolute atomic E-state index is 0.103. The number of nitrogens with zero attached hydrogens (tertiary/aromatic N) is 4. The molecule has 4 aliphatic heterocycles. The fourth-order valence-corrected chi connectivity index (χ4v) is 10.8. The van der Waals surface area contributed by atoms with Crippen molar-refractivity contribution in [1.82, 2.24) is 30.6 Å². The molecule has 5 N–H and O–H groups in total. The van der Waals surface area contributed by atoms with E-state index in [2.05, 4.69) is 69.4 Å². The van der Waals surface area contributed by atoms with Gasteiger partial charge in [0, 0.05) is 71.7 Å². The molecule has 1 aromatic heterocycles. The number of rotatable bonds is 14. The van der Waals surface area contributed by atoms with E-state index in [1.165, 1.54) is 25.7 Å². The number of allylic oxidation sites excluding steroid dienone is 1. The van der Waals surface area contributed by atoms with Crippen molar-refractivity contribution in [2.75, 3.05) is 46.9 Å². The van der Waals surface area contributed by atoms with Gasteiger partial charge in [-0.2, -0.15) is 5.10 Å². The van der Waals surface area contributed by atoms with E-state index >= 15 is 0 Å². The number of ether oxygens (including phenoxy) is 2. The third-order valence-corrected chi connectivity index (χ3v) is 16.6. The zero-order chi connectivity index (χ0) is 59.1. The first-order valence-corrected chi connectivity index (χ1v) is 29.2. The third kappa shape index (κ3) is 14.9. The van der Waals surface area contributed by atoms with Crippen LogP contribution < -0.4 is 20.1 Å². The topological polar surface area (TPSA) is 217 Å². The van der Waals surface area contributed by atoms with E-state index in [-0.39, 0.29) is 67.1 Å². The lowest BCUT2D eigenvalue weighted by atomic mass is 9.79. The number of hydrogen-bond acceptors (Lipinski definition) is 12. The molecule has 4 aromatic carbocycles. The molecule has 5 fully saturated rings. The van der Waals surface area contributed by atoms with E-state index in [0.29, 0.717) is 71.5 Å². The van der Waals surface area contributed by atoms with Gasteiger partial charge in [-0.25, -0.2) is 0 Å². The van der Waals surface area contributed by atoms with Crippen molar-refractivity contribution in [1.29, 1.82) is 0 Å². The predicted molar refractivity (Wildman–Crippen MR) is 321 cm³/mol. The molecule has 6 aliphatic rings. The molecule has 3 saturated heterocycles. The molecule has 4 amide bonds. The van der Waals surface area contributed by atoms with Crippen molar-refractivity contribution >= 4 is 52.9 Å². The van der Waals surface area contributed by atoms with Gasteiger partial charge in [0.05, 0.1) is 79.0 Å². The number of carbonyl (C=O) groups is 4. The van der Waals surface area contributed by atoms with E-state index in [0.717, 1.165) is 38.7 Å². The van der Waals surface area contributed by atoms with Crippen LogP contribution in [0.2, 0.25) is 0 Å². The number of amides is 4. The molecule has 436 valence electrons. The number of aromatic amines is 1. The van der Waals surface area contributed by atoms with E-state index in [4.69, 9.17) is 18.8 Å². The first-order chi connectivity index (χ1) is 39.0. The van der Waals surface area contributed by atoms with Gasteiger partial charge in [0.15, 0.2) is 0 Å². The Morgan fingerprint density at radius 3 is 1.62 bits per heavy atom. The molecule has 2 saturated carbocycles. The van der Waals surface area contributed by atoms with Crippen LogP contribution in [0.25, 0.3) is 11.1 Å². The highest BCUT2D eigenvalue weighted by molar-refractivity contribution is 9.10. The van der Waals surface area contributed by atoms with E-state index in [1.54, 1.807) is 92.7 Å². The number of hydrogen-bond donors (Lipinski definition) is 5.